The standard InChI is InChI=1S/C14H15Cl2NO2/c15-11-5-3-9(12(16)7-11)4-6-14(19)17-8-13(18)10-1-2-10/h3-7,10,13,18H,1-2,8H2,(H,17,19)/b6-4+. The van der Waals surface area contributed by atoms with E-state index < -0.39 is 6.10 Å². The number of carbonyl (C=O) groups is 1. The second-order valence-corrected chi connectivity index (χ2v) is 5.49. The first kappa shape index (κ1) is 14.4. The van der Waals surface area contributed by atoms with Crippen molar-refractivity contribution in [3.8, 4) is 0 Å². The van der Waals surface area contributed by atoms with E-state index in [1.807, 2.05) is 0 Å². The number of carbonyl (C=O) groups excluding carboxylic acids is 1. The van der Waals surface area contributed by atoms with E-state index >= 15 is 0 Å². The average Bonchev–Trinajstić information content (AvgIpc) is 3.19. The number of aliphatic hydroxyl groups is 1. The topological polar surface area (TPSA) is 49.3 Å². The highest BCUT2D eigenvalue weighted by atomic mass is 35.5. The molecule has 0 saturated heterocycles. The SMILES string of the molecule is O=C(/C=C/c1ccc(Cl)cc1Cl)NCC(O)C1CC1. The highest BCUT2D eigenvalue weighted by molar-refractivity contribution is 6.35. The van der Waals surface area contributed by atoms with E-state index in [-0.39, 0.29) is 5.91 Å². The summed E-state index contributed by atoms with van der Waals surface area (Å²) in [6.07, 6.45) is 4.68. The number of amides is 1. The molecular weight excluding hydrogens is 285 g/mol. The summed E-state index contributed by atoms with van der Waals surface area (Å²) in [5, 5.41) is 13.3. The average molecular weight is 300 g/mol. The predicted octanol–water partition coefficient (Wildman–Crippen LogP) is 2.89. The molecule has 1 atom stereocenters. The second-order valence-electron chi connectivity index (χ2n) is 4.65. The molecular formula is C14H15Cl2NO2. The van der Waals surface area contributed by atoms with Crippen LogP contribution in [-0.2, 0) is 4.79 Å². The van der Waals surface area contributed by atoms with Gasteiger partial charge in [-0.2, -0.15) is 0 Å². The maximum Gasteiger partial charge on any atom is 0.244 e. The van der Waals surface area contributed by atoms with E-state index in [0.29, 0.717) is 22.5 Å². The fourth-order valence-corrected chi connectivity index (χ4v) is 2.19. The highest BCUT2D eigenvalue weighted by Crippen LogP contribution is 2.32. The molecule has 0 bridgehead atoms. The summed E-state index contributed by atoms with van der Waals surface area (Å²) in [6, 6.07) is 5.08. The first-order valence-electron chi connectivity index (χ1n) is 6.15. The van der Waals surface area contributed by atoms with Crippen LogP contribution in [0.25, 0.3) is 6.08 Å². The third-order valence-electron chi connectivity index (χ3n) is 3.03. The molecule has 102 valence electrons. The third kappa shape index (κ3) is 4.53. The summed E-state index contributed by atoms with van der Waals surface area (Å²) in [6.45, 7) is 0.294. The van der Waals surface area contributed by atoms with Crippen molar-refractivity contribution in [3.05, 3.63) is 39.9 Å². The van der Waals surface area contributed by atoms with Gasteiger partial charge in [0.15, 0.2) is 0 Å². The van der Waals surface area contributed by atoms with E-state index in [2.05, 4.69) is 5.32 Å². The summed E-state index contributed by atoms with van der Waals surface area (Å²) >= 11 is 11.8. The maximum atomic E-state index is 11.6. The Hall–Kier alpha value is -1.03. The monoisotopic (exact) mass is 299 g/mol. The Kier molecular flexibility index (Phi) is 4.86. The third-order valence-corrected chi connectivity index (χ3v) is 3.59. The first-order valence-corrected chi connectivity index (χ1v) is 6.91. The Bertz CT molecular complexity index is 498. The van der Waals surface area contributed by atoms with E-state index in [1.54, 1.807) is 24.3 Å². The van der Waals surface area contributed by atoms with Crippen LogP contribution in [0.5, 0.6) is 0 Å². The second kappa shape index (κ2) is 6.42. The van der Waals surface area contributed by atoms with Crippen LogP contribution in [0.2, 0.25) is 10.0 Å². The molecule has 0 aliphatic heterocycles. The van der Waals surface area contributed by atoms with Crippen LogP contribution in [0.1, 0.15) is 18.4 Å². The van der Waals surface area contributed by atoms with Crippen molar-refractivity contribution in [2.75, 3.05) is 6.54 Å². The number of nitrogens with one attached hydrogen (secondary N) is 1. The van der Waals surface area contributed by atoms with Crippen LogP contribution in [0.4, 0.5) is 0 Å². The van der Waals surface area contributed by atoms with Crippen molar-refractivity contribution < 1.29 is 9.90 Å². The molecule has 0 aromatic heterocycles. The van der Waals surface area contributed by atoms with Gasteiger partial charge in [-0.25, -0.2) is 0 Å². The number of hydrogen-bond acceptors (Lipinski definition) is 2. The predicted molar refractivity (Wildman–Crippen MR) is 77.2 cm³/mol. The van der Waals surface area contributed by atoms with Crippen LogP contribution < -0.4 is 5.32 Å². The van der Waals surface area contributed by atoms with Gasteiger partial charge < -0.3 is 10.4 Å². The lowest BCUT2D eigenvalue weighted by atomic mass is 10.2. The molecule has 1 unspecified atom stereocenters. The first-order chi connectivity index (χ1) is 9.06. The van der Waals surface area contributed by atoms with Gasteiger partial charge in [0.25, 0.3) is 0 Å². The molecule has 1 aromatic carbocycles. The van der Waals surface area contributed by atoms with Crippen molar-refractivity contribution >= 4 is 35.2 Å². The fourth-order valence-electron chi connectivity index (χ4n) is 1.71. The summed E-state index contributed by atoms with van der Waals surface area (Å²) < 4.78 is 0. The van der Waals surface area contributed by atoms with Gasteiger partial charge in [0.2, 0.25) is 5.91 Å². The van der Waals surface area contributed by atoms with Crippen molar-refractivity contribution in [1.82, 2.24) is 5.32 Å². The molecule has 0 heterocycles. The van der Waals surface area contributed by atoms with Gasteiger partial charge in [0, 0.05) is 22.7 Å². The normalized spacial score (nSPS) is 16.6. The Morgan fingerprint density at radius 1 is 1.47 bits per heavy atom. The van der Waals surface area contributed by atoms with Gasteiger partial charge in [-0.05, 0) is 42.5 Å². The Morgan fingerprint density at radius 3 is 2.84 bits per heavy atom. The van der Waals surface area contributed by atoms with Gasteiger partial charge in [-0.1, -0.05) is 29.3 Å². The number of halogens is 2. The van der Waals surface area contributed by atoms with E-state index in [9.17, 15) is 9.90 Å². The van der Waals surface area contributed by atoms with Gasteiger partial charge in [-0.3, -0.25) is 4.79 Å². The molecule has 5 heteroatoms. The lowest BCUT2D eigenvalue weighted by Crippen LogP contribution is -2.31. The van der Waals surface area contributed by atoms with Crippen LogP contribution in [0.3, 0.4) is 0 Å². The van der Waals surface area contributed by atoms with Crippen molar-refractivity contribution in [2.45, 2.75) is 18.9 Å². The minimum Gasteiger partial charge on any atom is -0.391 e. The smallest absolute Gasteiger partial charge is 0.244 e. The summed E-state index contributed by atoms with van der Waals surface area (Å²) in [7, 11) is 0. The van der Waals surface area contributed by atoms with Gasteiger partial charge >= 0.3 is 0 Å². The Morgan fingerprint density at radius 2 is 2.21 bits per heavy atom. The largest absolute Gasteiger partial charge is 0.391 e. The van der Waals surface area contributed by atoms with Crippen LogP contribution in [-0.4, -0.2) is 23.7 Å². The molecule has 0 spiro atoms. The number of hydrogen-bond donors (Lipinski definition) is 2. The molecule has 1 saturated carbocycles. The molecule has 3 nitrogen and oxygen atoms in total. The van der Waals surface area contributed by atoms with Gasteiger partial charge in [-0.15, -0.1) is 0 Å². The van der Waals surface area contributed by atoms with Crippen molar-refractivity contribution in [2.24, 2.45) is 5.92 Å². The summed E-state index contributed by atoms with van der Waals surface area (Å²) in [4.78, 5) is 11.6. The van der Waals surface area contributed by atoms with Gasteiger partial charge in [0.05, 0.1) is 6.10 Å². The molecule has 2 N–H and O–H groups in total. The minimum absolute atomic E-state index is 0.245. The Labute approximate surface area is 122 Å². The summed E-state index contributed by atoms with van der Waals surface area (Å²) in [5.74, 6) is 0.112. The molecule has 1 fully saturated rings. The molecule has 1 amide bonds. The zero-order valence-corrected chi connectivity index (χ0v) is 11.8. The molecule has 1 aliphatic rings. The van der Waals surface area contributed by atoms with Crippen LogP contribution in [0, 0.1) is 5.92 Å². The zero-order valence-electron chi connectivity index (χ0n) is 10.3. The van der Waals surface area contributed by atoms with Crippen molar-refractivity contribution in [3.63, 3.8) is 0 Å². The van der Waals surface area contributed by atoms with Gasteiger partial charge in [0.1, 0.15) is 0 Å². The molecule has 2 rings (SSSR count). The zero-order chi connectivity index (χ0) is 13.8. The fraction of sp³-hybridized carbons (Fsp3) is 0.357. The Balaban J connectivity index is 1.85. The quantitative estimate of drug-likeness (QED) is 0.822. The minimum atomic E-state index is -0.434. The van der Waals surface area contributed by atoms with E-state index in [1.165, 1.54) is 6.08 Å². The number of aliphatic hydroxyl groups excluding tert-OH is 1. The maximum absolute atomic E-state index is 11.6. The van der Waals surface area contributed by atoms with E-state index in [4.69, 9.17) is 23.2 Å². The number of rotatable bonds is 5. The highest BCUT2D eigenvalue weighted by Gasteiger charge is 2.29. The molecule has 19 heavy (non-hydrogen) atoms. The lowest BCUT2D eigenvalue weighted by Gasteiger charge is -2.08. The molecule has 0 radical (unpaired) electrons. The number of benzene rings is 1. The van der Waals surface area contributed by atoms with Crippen LogP contribution >= 0.6 is 23.2 Å². The van der Waals surface area contributed by atoms with E-state index in [0.717, 1.165) is 18.4 Å². The molecule has 1 aromatic rings. The van der Waals surface area contributed by atoms with Crippen molar-refractivity contribution in [1.29, 1.82) is 0 Å². The van der Waals surface area contributed by atoms with Crippen LogP contribution in [0.15, 0.2) is 24.3 Å². The summed E-state index contributed by atoms with van der Waals surface area (Å²) in [5.41, 5.74) is 0.726. The lowest BCUT2D eigenvalue weighted by molar-refractivity contribution is -0.116. The molecule has 1 aliphatic carbocycles.